The van der Waals surface area contributed by atoms with E-state index in [4.69, 9.17) is 9.52 Å². The summed E-state index contributed by atoms with van der Waals surface area (Å²) >= 11 is 1.37. The molecule has 1 amide bonds. The molecule has 2 aromatic heterocycles. The van der Waals surface area contributed by atoms with Crippen LogP contribution in [0.15, 0.2) is 28.4 Å². The molecule has 0 bridgehead atoms. The molecule has 1 saturated heterocycles. The van der Waals surface area contributed by atoms with Crippen molar-refractivity contribution in [3.63, 3.8) is 0 Å². The first-order valence-corrected chi connectivity index (χ1v) is 7.03. The van der Waals surface area contributed by atoms with Crippen molar-refractivity contribution >= 4 is 23.2 Å². The van der Waals surface area contributed by atoms with Crippen LogP contribution in [-0.4, -0.2) is 40.0 Å². The molecule has 2 aromatic rings. The Balaban J connectivity index is 1.74. The smallest absolute Gasteiger partial charge is 0.308 e. The third-order valence-corrected chi connectivity index (χ3v) is 4.21. The fourth-order valence-corrected chi connectivity index (χ4v) is 2.98. The number of nitrogens with zero attached hydrogens (tertiary/aromatic N) is 2. The minimum Gasteiger partial charge on any atom is -0.481 e. The second kappa shape index (κ2) is 5.09. The van der Waals surface area contributed by atoms with Crippen LogP contribution in [0.2, 0.25) is 0 Å². The second-order valence-corrected chi connectivity index (χ2v) is 5.48. The van der Waals surface area contributed by atoms with E-state index in [0.717, 1.165) is 10.6 Å². The molecule has 0 spiro atoms. The van der Waals surface area contributed by atoms with Crippen molar-refractivity contribution in [1.29, 1.82) is 0 Å². The van der Waals surface area contributed by atoms with Crippen LogP contribution in [0.5, 0.6) is 0 Å². The lowest BCUT2D eigenvalue weighted by atomic mass is 10.1. The van der Waals surface area contributed by atoms with Crippen LogP contribution in [0.3, 0.4) is 0 Å². The standard InChI is InChI=1S/C13H12N2O4S/c16-12(15-3-1-8(5-15)13(17)18)10-7-20-11(14-10)9-2-4-19-6-9/h2,4,6-8H,1,3,5H2,(H,17,18)/t8-/m0/s1. The largest absolute Gasteiger partial charge is 0.481 e. The molecule has 1 N–H and O–H groups in total. The number of aliphatic carboxylic acids is 1. The lowest BCUT2D eigenvalue weighted by Gasteiger charge is -2.13. The molecule has 6 nitrogen and oxygen atoms in total. The summed E-state index contributed by atoms with van der Waals surface area (Å²) in [7, 11) is 0. The van der Waals surface area contributed by atoms with E-state index < -0.39 is 11.9 Å². The third-order valence-electron chi connectivity index (χ3n) is 3.32. The monoisotopic (exact) mass is 292 g/mol. The summed E-state index contributed by atoms with van der Waals surface area (Å²) < 4.78 is 4.98. The number of likely N-dealkylation sites (tertiary alicyclic amines) is 1. The van der Waals surface area contributed by atoms with Crippen molar-refractivity contribution in [3.05, 3.63) is 29.7 Å². The minimum absolute atomic E-state index is 0.209. The molecule has 0 unspecified atom stereocenters. The number of thiazole rings is 1. The number of carboxylic acid groups (broad SMARTS) is 1. The molecule has 0 aromatic carbocycles. The van der Waals surface area contributed by atoms with Crippen molar-refractivity contribution < 1.29 is 19.1 Å². The average Bonchev–Trinajstić information content (AvgIpc) is 3.17. The van der Waals surface area contributed by atoms with Crippen molar-refractivity contribution in [3.8, 4) is 10.6 Å². The summed E-state index contributed by atoms with van der Waals surface area (Å²) in [5, 5.41) is 11.4. The Morgan fingerprint density at radius 3 is 3.00 bits per heavy atom. The first kappa shape index (κ1) is 12.9. The van der Waals surface area contributed by atoms with Gasteiger partial charge in [0, 0.05) is 24.0 Å². The summed E-state index contributed by atoms with van der Waals surface area (Å²) in [6.45, 7) is 0.723. The van der Waals surface area contributed by atoms with Crippen LogP contribution in [0, 0.1) is 5.92 Å². The van der Waals surface area contributed by atoms with Gasteiger partial charge in [-0.2, -0.15) is 0 Å². The first-order chi connectivity index (χ1) is 9.65. The van der Waals surface area contributed by atoms with Crippen LogP contribution in [0.4, 0.5) is 0 Å². The van der Waals surface area contributed by atoms with Crippen LogP contribution in [0.1, 0.15) is 16.9 Å². The lowest BCUT2D eigenvalue weighted by Crippen LogP contribution is -2.30. The Kier molecular flexibility index (Phi) is 3.27. The van der Waals surface area contributed by atoms with E-state index in [1.165, 1.54) is 11.3 Å². The van der Waals surface area contributed by atoms with E-state index in [0.29, 0.717) is 18.7 Å². The SMILES string of the molecule is O=C(O)[C@H]1CCN(C(=O)c2csc(-c3ccoc3)n2)C1. The van der Waals surface area contributed by atoms with Gasteiger partial charge < -0.3 is 14.4 Å². The zero-order valence-corrected chi connectivity index (χ0v) is 11.3. The first-order valence-electron chi connectivity index (χ1n) is 6.15. The van der Waals surface area contributed by atoms with Crippen LogP contribution in [-0.2, 0) is 4.79 Å². The van der Waals surface area contributed by atoms with Crippen molar-refractivity contribution in [2.24, 2.45) is 5.92 Å². The fraction of sp³-hybridized carbons (Fsp3) is 0.308. The average molecular weight is 292 g/mol. The van der Waals surface area contributed by atoms with Gasteiger partial charge in [0.25, 0.3) is 5.91 Å². The Morgan fingerprint density at radius 1 is 1.50 bits per heavy atom. The van der Waals surface area contributed by atoms with Crippen molar-refractivity contribution in [2.75, 3.05) is 13.1 Å². The Bertz CT molecular complexity index is 635. The number of furan rings is 1. The minimum atomic E-state index is -0.849. The maximum absolute atomic E-state index is 12.3. The predicted molar refractivity (Wildman–Crippen MR) is 71.5 cm³/mol. The fourth-order valence-electron chi connectivity index (χ4n) is 2.20. The Labute approximate surface area is 118 Å². The maximum Gasteiger partial charge on any atom is 0.308 e. The molecule has 1 aliphatic heterocycles. The molecule has 1 atom stereocenters. The Morgan fingerprint density at radius 2 is 2.35 bits per heavy atom. The van der Waals surface area contributed by atoms with E-state index in [2.05, 4.69) is 4.98 Å². The van der Waals surface area contributed by atoms with Gasteiger partial charge >= 0.3 is 5.97 Å². The highest BCUT2D eigenvalue weighted by Gasteiger charge is 2.32. The van der Waals surface area contributed by atoms with Gasteiger partial charge in [0.2, 0.25) is 0 Å². The third kappa shape index (κ3) is 2.32. The highest BCUT2D eigenvalue weighted by atomic mass is 32.1. The summed E-state index contributed by atoms with van der Waals surface area (Å²) in [5.74, 6) is -1.52. The predicted octanol–water partition coefficient (Wildman–Crippen LogP) is 1.95. The van der Waals surface area contributed by atoms with E-state index in [-0.39, 0.29) is 12.5 Å². The lowest BCUT2D eigenvalue weighted by molar-refractivity contribution is -0.141. The highest BCUT2D eigenvalue weighted by Crippen LogP contribution is 2.25. The number of hydrogen-bond donors (Lipinski definition) is 1. The van der Waals surface area contributed by atoms with Gasteiger partial charge in [-0.05, 0) is 12.5 Å². The molecule has 0 radical (unpaired) electrons. The molecule has 3 rings (SSSR count). The molecule has 3 heterocycles. The van der Waals surface area contributed by atoms with E-state index >= 15 is 0 Å². The van der Waals surface area contributed by atoms with Gasteiger partial charge in [-0.3, -0.25) is 9.59 Å². The van der Waals surface area contributed by atoms with Crippen molar-refractivity contribution in [2.45, 2.75) is 6.42 Å². The summed E-state index contributed by atoms with van der Waals surface area (Å²) in [6.07, 6.45) is 3.62. The van der Waals surface area contributed by atoms with Gasteiger partial charge in [0.05, 0.1) is 12.2 Å². The maximum atomic E-state index is 12.3. The molecule has 104 valence electrons. The normalized spacial score (nSPS) is 18.4. The van der Waals surface area contributed by atoms with Crippen LogP contribution in [0.25, 0.3) is 10.6 Å². The number of rotatable bonds is 3. The molecule has 7 heteroatoms. The zero-order chi connectivity index (χ0) is 14.1. The van der Waals surface area contributed by atoms with Gasteiger partial charge in [-0.1, -0.05) is 0 Å². The number of amides is 1. The highest BCUT2D eigenvalue weighted by molar-refractivity contribution is 7.13. The molecule has 1 aliphatic rings. The van der Waals surface area contributed by atoms with E-state index in [9.17, 15) is 9.59 Å². The quantitative estimate of drug-likeness (QED) is 0.934. The van der Waals surface area contributed by atoms with E-state index in [1.54, 1.807) is 28.9 Å². The topological polar surface area (TPSA) is 83.6 Å². The van der Waals surface area contributed by atoms with Gasteiger partial charge in [0.1, 0.15) is 17.0 Å². The van der Waals surface area contributed by atoms with Crippen molar-refractivity contribution in [1.82, 2.24) is 9.88 Å². The second-order valence-electron chi connectivity index (χ2n) is 4.62. The molecule has 0 saturated carbocycles. The number of carbonyl (C=O) groups is 2. The molecule has 0 aliphatic carbocycles. The molecule has 20 heavy (non-hydrogen) atoms. The summed E-state index contributed by atoms with van der Waals surface area (Å²) in [5.41, 5.74) is 1.19. The number of aromatic nitrogens is 1. The molecular weight excluding hydrogens is 280 g/mol. The number of hydrogen-bond acceptors (Lipinski definition) is 5. The van der Waals surface area contributed by atoms with E-state index in [1.807, 2.05) is 0 Å². The summed E-state index contributed by atoms with van der Waals surface area (Å²) in [6, 6.07) is 1.78. The van der Waals surface area contributed by atoms with Crippen LogP contribution < -0.4 is 0 Å². The molecule has 1 fully saturated rings. The summed E-state index contributed by atoms with van der Waals surface area (Å²) in [4.78, 5) is 29.0. The van der Waals surface area contributed by atoms with Gasteiger partial charge in [0.15, 0.2) is 0 Å². The number of carboxylic acids is 1. The van der Waals surface area contributed by atoms with Crippen LogP contribution >= 0.6 is 11.3 Å². The van der Waals surface area contributed by atoms with Gasteiger partial charge in [-0.25, -0.2) is 4.98 Å². The van der Waals surface area contributed by atoms with Gasteiger partial charge in [-0.15, -0.1) is 11.3 Å². The Hall–Kier alpha value is -2.15. The zero-order valence-electron chi connectivity index (χ0n) is 10.5. The number of carbonyl (C=O) groups excluding carboxylic acids is 1. The molecular formula is C13H12N2O4S.